The number of nitrogens with zero attached hydrogens (tertiary/aromatic N) is 4. The smallest absolute Gasteiger partial charge is 0.164 e. The second-order valence-electron chi connectivity index (χ2n) is 13.9. The Labute approximate surface area is 325 Å². The van der Waals surface area contributed by atoms with Crippen molar-refractivity contribution < 1.29 is 0 Å². The Kier molecular flexibility index (Phi) is 8.47. The molecule has 0 fully saturated rings. The summed E-state index contributed by atoms with van der Waals surface area (Å²) in [4.78, 5) is 19.6. The molecule has 2 aromatic heterocycles. The number of benzene rings is 8. The molecule has 4 heteroatoms. The van der Waals surface area contributed by atoms with Crippen molar-refractivity contribution in [3.8, 4) is 78.7 Å². The largest absolute Gasteiger partial charge is 0.256 e. The lowest BCUT2D eigenvalue weighted by Gasteiger charge is -2.10. The molecular weight excluding hydrogens is 681 g/mol. The lowest BCUT2D eigenvalue weighted by molar-refractivity contribution is 1.07. The Balaban J connectivity index is 0.923. The van der Waals surface area contributed by atoms with Gasteiger partial charge in [0.25, 0.3) is 0 Å². The van der Waals surface area contributed by atoms with Crippen molar-refractivity contribution in [2.75, 3.05) is 0 Å². The van der Waals surface area contributed by atoms with Gasteiger partial charge in [0, 0.05) is 33.7 Å². The van der Waals surface area contributed by atoms with Crippen LogP contribution in [0.1, 0.15) is 0 Å². The van der Waals surface area contributed by atoms with Crippen LogP contribution in [0.4, 0.5) is 0 Å². The topological polar surface area (TPSA) is 51.6 Å². The summed E-state index contributed by atoms with van der Waals surface area (Å²) >= 11 is 0. The van der Waals surface area contributed by atoms with E-state index in [0.29, 0.717) is 17.5 Å². The summed E-state index contributed by atoms with van der Waals surface area (Å²) < 4.78 is 0. The van der Waals surface area contributed by atoms with Crippen LogP contribution in [-0.4, -0.2) is 19.9 Å². The van der Waals surface area contributed by atoms with Gasteiger partial charge in [0.2, 0.25) is 0 Å². The number of pyridine rings is 1. The van der Waals surface area contributed by atoms with Gasteiger partial charge in [-0.05, 0) is 62.0 Å². The highest BCUT2D eigenvalue weighted by molar-refractivity contribution is 6.06. The fourth-order valence-electron chi connectivity index (χ4n) is 7.38. The van der Waals surface area contributed by atoms with Crippen LogP contribution in [0.15, 0.2) is 206 Å². The molecule has 0 unspecified atom stereocenters. The minimum atomic E-state index is 0.636. The number of hydrogen-bond donors (Lipinski definition) is 0. The molecule has 0 amide bonds. The lowest BCUT2D eigenvalue weighted by Crippen LogP contribution is -2.00. The average Bonchev–Trinajstić information content (AvgIpc) is 3.29. The maximum atomic E-state index is 4.99. The van der Waals surface area contributed by atoms with E-state index in [-0.39, 0.29) is 0 Å². The third-order valence-electron chi connectivity index (χ3n) is 10.4. The van der Waals surface area contributed by atoms with Crippen LogP contribution in [0, 0.1) is 0 Å². The van der Waals surface area contributed by atoms with Gasteiger partial charge in [0.05, 0.1) is 5.52 Å². The second-order valence-corrected chi connectivity index (χ2v) is 13.9. The van der Waals surface area contributed by atoms with Crippen LogP contribution < -0.4 is 0 Å². The minimum Gasteiger partial charge on any atom is -0.256 e. The Morgan fingerprint density at radius 2 is 0.625 bits per heavy atom. The summed E-state index contributed by atoms with van der Waals surface area (Å²) in [5.74, 6) is 1.92. The molecule has 0 atom stereocenters. The third kappa shape index (κ3) is 6.50. The predicted octanol–water partition coefficient (Wildman–Crippen LogP) is 13.2. The fraction of sp³-hybridized carbons (Fsp3) is 0. The molecule has 4 nitrogen and oxygen atoms in total. The monoisotopic (exact) mass is 714 g/mol. The van der Waals surface area contributed by atoms with E-state index in [1.807, 2.05) is 42.6 Å². The van der Waals surface area contributed by atoms with Gasteiger partial charge in [0.1, 0.15) is 0 Å². The molecular formula is C52H34N4. The lowest BCUT2D eigenvalue weighted by atomic mass is 9.96. The van der Waals surface area contributed by atoms with Crippen molar-refractivity contribution in [2.45, 2.75) is 0 Å². The number of rotatable bonds is 7. The normalized spacial score (nSPS) is 11.2. The van der Waals surface area contributed by atoms with Crippen molar-refractivity contribution in [2.24, 2.45) is 0 Å². The van der Waals surface area contributed by atoms with Gasteiger partial charge in [0.15, 0.2) is 17.5 Å². The molecule has 0 aliphatic carbocycles. The van der Waals surface area contributed by atoms with Gasteiger partial charge in [-0.3, -0.25) is 4.98 Å². The van der Waals surface area contributed by atoms with Crippen molar-refractivity contribution in [3.05, 3.63) is 206 Å². The molecule has 56 heavy (non-hydrogen) atoms. The number of aromatic nitrogens is 4. The molecule has 0 saturated heterocycles. The van der Waals surface area contributed by atoms with E-state index in [4.69, 9.17) is 19.9 Å². The zero-order valence-electron chi connectivity index (χ0n) is 30.4. The Morgan fingerprint density at radius 3 is 1.18 bits per heavy atom. The highest BCUT2D eigenvalue weighted by Gasteiger charge is 2.13. The Morgan fingerprint density at radius 1 is 0.250 bits per heavy atom. The van der Waals surface area contributed by atoms with Crippen molar-refractivity contribution >= 4 is 21.7 Å². The van der Waals surface area contributed by atoms with E-state index in [0.717, 1.165) is 55.4 Å². The van der Waals surface area contributed by atoms with Gasteiger partial charge in [-0.15, -0.1) is 0 Å². The Hall–Kier alpha value is -7.56. The molecule has 0 N–H and O–H groups in total. The summed E-state index contributed by atoms with van der Waals surface area (Å²) in [5, 5.41) is 3.56. The molecule has 10 rings (SSSR count). The molecule has 262 valence electrons. The molecule has 0 bridgehead atoms. The van der Waals surface area contributed by atoms with Crippen molar-refractivity contribution in [1.29, 1.82) is 0 Å². The van der Waals surface area contributed by atoms with Gasteiger partial charge in [-0.2, -0.15) is 0 Å². The first-order chi connectivity index (χ1) is 27.7. The van der Waals surface area contributed by atoms with Crippen LogP contribution in [0.25, 0.3) is 100 Å². The van der Waals surface area contributed by atoms with Crippen LogP contribution in [0.2, 0.25) is 0 Å². The summed E-state index contributed by atoms with van der Waals surface area (Å²) in [7, 11) is 0. The van der Waals surface area contributed by atoms with E-state index < -0.39 is 0 Å². The van der Waals surface area contributed by atoms with Crippen molar-refractivity contribution in [1.82, 2.24) is 19.9 Å². The SMILES string of the molecule is c1ccc(-c2ccc(-c3nc(-c4ccccc4)nc(-c4ccc(-c5cccc(-c6ccc(-c7ccc8c(c7)ncc7ccccc78)cc6)c5)cc4)n3)cc2)cc1. The maximum absolute atomic E-state index is 4.99. The maximum Gasteiger partial charge on any atom is 0.164 e. The zero-order chi connectivity index (χ0) is 37.3. The van der Waals surface area contributed by atoms with Crippen LogP contribution in [0.5, 0.6) is 0 Å². The molecule has 0 saturated carbocycles. The van der Waals surface area contributed by atoms with Crippen LogP contribution >= 0.6 is 0 Å². The predicted molar refractivity (Wildman–Crippen MR) is 231 cm³/mol. The highest BCUT2D eigenvalue weighted by atomic mass is 15.0. The van der Waals surface area contributed by atoms with Crippen LogP contribution in [-0.2, 0) is 0 Å². The summed E-state index contributed by atoms with van der Waals surface area (Å²) in [6, 6.07) is 69.9. The Bertz CT molecular complexity index is 2980. The van der Waals surface area contributed by atoms with Crippen molar-refractivity contribution in [3.63, 3.8) is 0 Å². The number of hydrogen-bond acceptors (Lipinski definition) is 4. The molecule has 0 radical (unpaired) electrons. The first-order valence-electron chi connectivity index (χ1n) is 18.8. The summed E-state index contributed by atoms with van der Waals surface area (Å²) in [5.41, 5.74) is 13.1. The van der Waals surface area contributed by atoms with E-state index in [1.165, 1.54) is 27.5 Å². The average molecular weight is 715 g/mol. The van der Waals surface area contributed by atoms with Crippen LogP contribution in [0.3, 0.4) is 0 Å². The first-order valence-corrected chi connectivity index (χ1v) is 18.8. The number of fused-ring (bicyclic) bond motifs is 3. The molecule has 10 aromatic rings. The highest BCUT2D eigenvalue weighted by Crippen LogP contribution is 2.33. The summed E-state index contributed by atoms with van der Waals surface area (Å²) in [6.45, 7) is 0. The van der Waals surface area contributed by atoms with E-state index >= 15 is 0 Å². The quantitative estimate of drug-likeness (QED) is 0.154. The van der Waals surface area contributed by atoms with Gasteiger partial charge >= 0.3 is 0 Å². The minimum absolute atomic E-state index is 0.636. The van der Waals surface area contributed by atoms with Gasteiger partial charge in [-0.25, -0.2) is 15.0 Å². The third-order valence-corrected chi connectivity index (χ3v) is 10.4. The molecule has 0 aliphatic rings. The van der Waals surface area contributed by atoms with Gasteiger partial charge in [-0.1, -0.05) is 188 Å². The van der Waals surface area contributed by atoms with Gasteiger partial charge < -0.3 is 0 Å². The standard InChI is InChI=1S/C52H34N4/c1-3-10-35(11-4-1)36-22-26-41(27-23-36)51-54-50(40-12-5-2-6-13-40)55-52(56-51)42-28-24-38(25-29-42)44-16-9-15-43(32-44)37-18-20-39(21-19-37)45-30-31-48-47-17-8-7-14-46(47)34-53-49(48)33-45/h1-34H. The molecule has 0 aliphatic heterocycles. The second kappa shape index (κ2) is 14.3. The molecule has 8 aromatic carbocycles. The van der Waals surface area contributed by atoms with E-state index in [2.05, 4.69) is 164 Å². The molecule has 0 spiro atoms. The zero-order valence-corrected chi connectivity index (χ0v) is 30.4. The van der Waals surface area contributed by atoms with E-state index in [9.17, 15) is 0 Å². The molecule has 2 heterocycles. The van der Waals surface area contributed by atoms with E-state index in [1.54, 1.807) is 0 Å². The fourth-order valence-corrected chi connectivity index (χ4v) is 7.38. The summed E-state index contributed by atoms with van der Waals surface area (Å²) in [6.07, 6.45) is 1.96. The first kappa shape index (κ1) is 33.0.